The maximum absolute atomic E-state index is 11.9. The Bertz CT molecular complexity index is 978. The summed E-state index contributed by atoms with van der Waals surface area (Å²) in [7, 11) is -0.470. The Labute approximate surface area is 147 Å². The molecule has 0 aliphatic rings. The quantitative estimate of drug-likeness (QED) is 0.728. The first kappa shape index (κ1) is 17.5. The highest BCUT2D eigenvalue weighted by atomic mass is 32.2. The molecule has 0 amide bonds. The van der Waals surface area contributed by atoms with Gasteiger partial charge < -0.3 is 4.57 Å². The van der Waals surface area contributed by atoms with Crippen molar-refractivity contribution in [3.8, 4) is 11.4 Å². The monoisotopic (exact) mass is 359 g/mol. The summed E-state index contributed by atoms with van der Waals surface area (Å²) >= 11 is 0. The van der Waals surface area contributed by atoms with Crippen molar-refractivity contribution in [2.45, 2.75) is 13.5 Å². The number of pyridine rings is 1. The van der Waals surface area contributed by atoms with Gasteiger partial charge in [0.1, 0.15) is 11.3 Å². The number of hydrogen-bond donors (Lipinski definition) is 1. The number of aromatic nitrogens is 3. The maximum atomic E-state index is 11.9. The van der Waals surface area contributed by atoms with Crippen LogP contribution in [0.15, 0.2) is 42.6 Å². The minimum atomic E-state index is -3.46. The first-order valence-electron chi connectivity index (χ1n) is 7.94. The van der Waals surface area contributed by atoms with Crippen LogP contribution in [0.5, 0.6) is 0 Å². The van der Waals surface area contributed by atoms with Crippen molar-refractivity contribution in [1.29, 1.82) is 0 Å². The van der Waals surface area contributed by atoms with E-state index in [2.05, 4.69) is 14.7 Å². The van der Waals surface area contributed by atoms with Crippen molar-refractivity contribution < 1.29 is 8.42 Å². The summed E-state index contributed by atoms with van der Waals surface area (Å²) in [6, 6.07) is 11.8. The van der Waals surface area contributed by atoms with E-state index >= 15 is 0 Å². The van der Waals surface area contributed by atoms with Crippen molar-refractivity contribution in [3.63, 3.8) is 0 Å². The van der Waals surface area contributed by atoms with Crippen molar-refractivity contribution >= 4 is 21.4 Å². The van der Waals surface area contributed by atoms with E-state index in [0.717, 1.165) is 26.9 Å². The Morgan fingerprint density at radius 1 is 1.16 bits per heavy atom. The lowest BCUT2D eigenvalue weighted by molar-refractivity contribution is 0.502. The molecule has 3 aromatic rings. The number of hydrogen-bond acceptors (Lipinski definition) is 4. The maximum Gasteiger partial charge on any atom is 0.278 e. The zero-order valence-electron chi connectivity index (χ0n) is 14.5. The Balaban J connectivity index is 1.95. The molecule has 1 aromatic carbocycles. The van der Waals surface area contributed by atoms with E-state index in [1.165, 1.54) is 19.7 Å². The predicted molar refractivity (Wildman–Crippen MR) is 98.3 cm³/mol. The standard InChI is InChI=1S/C17H21N5O2S/c1-13-6-8-14(9-7-13)16-20-15-5-4-10-18-17(15)22(16)12-11-19-25(23,24)21(2)3/h4-10,19H,11-12H2,1-3H3. The minimum absolute atomic E-state index is 0.251. The summed E-state index contributed by atoms with van der Waals surface area (Å²) in [5.41, 5.74) is 3.66. The average Bonchev–Trinajstić information content (AvgIpc) is 2.94. The Morgan fingerprint density at radius 3 is 2.56 bits per heavy atom. The molecule has 0 bridgehead atoms. The van der Waals surface area contributed by atoms with Crippen LogP contribution in [-0.2, 0) is 16.8 Å². The molecule has 0 saturated heterocycles. The lowest BCUT2D eigenvalue weighted by Gasteiger charge is -2.14. The van der Waals surface area contributed by atoms with E-state index in [4.69, 9.17) is 0 Å². The third kappa shape index (κ3) is 3.71. The predicted octanol–water partition coefficient (Wildman–Crippen LogP) is 1.80. The highest BCUT2D eigenvalue weighted by Crippen LogP contribution is 2.23. The summed E-state index contributed by atoms with van der Waals surface area (Å²) in [4.78, 5) is 9.08. The van der Waals surface area contributed by atoms with Crippen LogP contribution >= 0.6 is 0 Å². The van der Waals surface area contributed by atoms with Gasteiger partial charge >= 0.3 is 0 Å². The van der Waals surface area contributed by atoms with E-state index < -0.39 is 10.2 Å². The second-order valence-corrected chi connectivity index (χ2v) is 7.95. The van der Waals surface area contributed by atoms with Crippen LogP contribution in [0, 0.1) is 6.92 Å². The summed E-state index contributed by atoms with van der Waals surface area (Å²) in [5.74, 6) is 0.776. The lowest BCUT2D eigenvalue weighted by atomic mass is 10.1. The van der Waals surface area contributed by atoms with Crippen molar-refractivity contribution in [2.75, 3.05) is 20.6 Å². The number of aryl methyl sites for hydroxylation is 1. The molecule has 3 rings (SSSR count). The first-order valence-corrected chi connectivity index (χ1v) is 9.38. The van der Waals surface area contributed by atoms with Crippen molar-refractivity contribution in [3.05, 3.63) is 48.2 Å². The Hall–Kier alpha value is -2.29. The molecule has 0 aliphatic carbocycles. The summed E-state index contributed by atoms with van der Waals surface area (Å²) in [6.07, 6.45) is 1.71. The number of rotatable bonds is 6. The van der Waals surface area contributed by atoms with Gasteiger partial charge in [-0.05, 0) is 19.1 Å². The average molecular weight is 359 g/mol. The molecule has 0 spiro atoms. The second-order valence-electron chi connectivity index (χ2n) is 5.98. The van der Waals surface area contributed by atoms with E-state index in [-0.39, 0.29) is 6.54 Å². The lowest BCUT2D eigenvalue weighted by Crippen LogP contribution is -2.37. The molecule has 0 radical (unpaired) electrons. The van der Waals surface area contributed by atoms with Gasteiger partial charge in [0, 0.05) is 38.9 Å². The zero-order valence-corrected chi connectivity index (χ0v) is 15.3. The molecule has 0 unspecified atom stereocenters. The van der Waals surface area contributed by atoms with E-state index in [9.17, 15) is 8.42 Å². The van der Waals surface area contributed by atoms with Crippen molar-refractivity contribution in [2.24, 2.45) is 0 Å². The topological polar surface area (TPSA) is 80.1 Å². The molecular formula is C17H21N5O2S. The van der Waals surface area contributed by atoms with E-state index in [1.807, 2.05) is 47.9 Å². The number of benzene rings is 1. The van der Waals surface area contributed by atoms with Gasteiger partial charge in [-0.25, -0.2) is 14.7 Å². The molecule has 2 heterocycles. The molecule has 0 fully saturated rings. The molecule has 1 N–H and O–H groups in total. The second kappa shape index (κ2) is 6.91. The van der Waals surface area contributed by atoms with Gasteiger partial charge in [0.05, 0.1) is 0 Å². The molecule has 132 valence electrons. The molecule has 0 saturated carbocycles. The number of nitrogens with one attached hydrogen (secondary N) is 1. The van der Waals surface area contributed by atoms with Gasteiger partial charge in [-0.15, -0.1) is 0 Å². The zero-order chi connectivity index (χ0) is 18.0. The van der Waals surface area contributed by atoms with Crippen LogP contribution in [0.4, 0.5) is 0 Å². The van der Waals surface area contributed by atoms with Gasteiger partial charge in [-0.1, -0.05) is 29.8 Å². The van der Waals surface area contributed by atoms with Gasteiger partial charge in [-0.2, -0.15) is 12.7 Å². The molecule has 0 aliphatic heterocycles. The molecule has 7 nitrogen and oxygen atoms in total. The largest absolute Gasteiger partial charge is 0.307 e. The van der Waals surface area contributed by atoms with Crippen LogP contribution in [0.25, 0.3) is 22.6 Å². The van der Waals surface area contributed by atoms with Crippen LogP contribution in [0.3, 0.4) is 0 Å². The van der Waals surface area contributed by atoms with Crippen LogP contribution in [0.2, 0.25) is 0 Å². The molecule has 25 heavy (non-hydrogen) atoms. The third-order valence-electron chi connectivity index (χ3n) is 3.91. The minimum Gasteiger partial charge on any atom is -0.307 e. The Kier molecular flexibility index (Phi) is 4.85. The smallest absolute Gasteiger partial charge is 0.278 e. The summed E-state index contributed by atoms with van der Waals surface area (Å²) < 4.78 is 29.4. The third-order valence-corrected chi connectivity index (χ3v) is 5.44. The summed E-state index contributed by atoms with van der Waals surface area (Å²) in [5, 5.41) is 0. The van der Waals surface area contributed by atoms with Gasteiger partial charge in [-0.3, -0.25) is 0 Å². The normalized spacial score (nSPS) is 12.2. The van der Waals surface area contributed by atoms with E-state index in [1.54, 1.807) is 6.20 Å². The van der Waals surface area contributed by atoms with Crippen molar-refractivity contribution in [1.82, 2.24) is 23.6 Å². The van der Waals surface area contributed by atoms with Gasteiger partial charge in [0.2, 0.25) is 0 Å². The van der Waals surface area contributed by atoms with Gasteiger partial charge in [0.25, 0.3) is 10.2 Å². The highest BCUT2D eigenvalue weighted by molar-refractivity contribution is 7.87. The van der Waals surface area contributed by atoms with E-state index in [0.29, 0.717) is 6.54 Å². The van der Waals surface area contributed by atoms with Crippen LogP contribution < -0.4 is 4.72 Å². The molecule has 8 heteroatoms. The summed E-state index contributed by atoms with van der Waals surface area (Å²) in [6.45, 7) is 2.72. The number of imidazole rings is 1. The fourth-order valence-corrected chi connectivity index (χ4v) is 3.12. The van der Waals surface area contributed by atoms with Crippen LogP contribution in [-0.4, -0.2) is 47.9 Å². The fourth-order valence-electron chi connectivity index (χ4n) is 2.51. The Morgan fingerprint density at radius 2 is 1.88 bits per heavy atom. The molecule has 0 atom stereocenters. The highest BCUT2D eigenvalue weighted by Gasteiger charge is 2.16. The van der Waals surface area contributed by atoms with Crippen LogP contribution in [0.1, 0.15) is 5.56 Å². The fraction of sp³-hybridized carbons (Fsp3) is 0.294. The molecule has 2 aromatic heterocycles. The van der Waals surface area contributed by atoms with Gasteiger partial charge in [0.15, 0.2) is 5.65 Å². The SMILES string of the molecule is Cc1ccc(-c2nc3cccnc3n2CCNS(=O)(=O)N(C)C)cc1. The molecular weight excluding hydrogens is 338 g/mol. The number of fused-ring (bicyclic) bond motifs is 1. The number of nitrogens with zero attached hydrogens (tertiary/aromatic N) is 4. The first-order chi connectivity index (χ1) is 11.9.